The van der Waals surface area contributed by atoms with Gasteiger partial charge in [-0.3, -0.25) is 4.79 Å². The van der Waals surface area contributed by atoms with Crippen molar-refractivity contribution in [1.82, 2.24) is 9.03 Å². The summed E-state index contributed by atoms with van der Waals surface area (Å²) in [6, 6.07) is 17.1. The Bertz CT molecular complexity index is 1660. The maximum atomic E-state index is 13.6. The molecule has 0 saturated heterocycles. The van der Waals surface area contributed by atoms with E-state index in [1.807, 2.05) is 0 Å². The molecule has 0 aliphatic carbocycles. The second kappa shape index (κ2) is 7.76. The van der Waals surface area contributed by atoms with Gasteiger partial charge in [0.2, 0.25) is 0 Å². The Hall–Kier alpha value is -4.01. The van der Waals surface area contributed by atoms with Crippen LogP contribution < -0.4 is 5.56 Å². The molecule has 9 heteroatoms. The average Bonchev–Trinajstić information content (AvgIpc) is 3.11. The third kappa shape index (κ3) is 3.77. The molecule has 0 amide bonds. The zero-order valence-corrected chi connectivity index (χ0v) is 18.1. The van der Waals surface area contributed by atoms with Crippen LogP contribution in [0.1, 0.15) is 16.8 Å². The van der Waals surface area contributed by atoms with Crippen LogP contribution in [0.4, 0.5) is 26.3 Å². The third-order valence-corrected chi connectivity index (χ3v) is 5.87. The lowest BCUT2D eigenvalue weighted by Gasteiger charge is -2.20. The number of nitrogens with zero attached hydrogens (tertiary/aromatic N) is 2. The van der Waals surface area contributed by atoms with Crippen LogP contribution in [0.2, 0.25) is 0 Å². The first-order valence-corrected chi connectivity index (χ1v) is 10.5. The first-order valence-electron chi connectivity index (χ1n) is 10.5. The maximum absolute atomic E-state index is 13.6. The predicted molar refractivity (Wildman–Crippen MR) is 120 cm³/mol. The Morgan fingerprint density at radius 3 is 1.86 bits per heavy atom. The van der Waals surface area contributed by atoms with Crippen LogP contribution in [-0.4, -0.2) is 9.03 Å². The number of fused-ring (bicyclic) bond motifs is 3. The van der Waals surface area contributed by atoms with E-state index in [-0.39, 0.29) is 22.4 Å². The van der Waals surface area contributed by atoms with Crippen molar-refractivity contribution in [2.75, 3.05) is 0 Å². The number of hydrogen-bond donors (Lipinski definition) is 0. The predicted octanol–water partition coefficient (Wildman–Crippen LogP) is 7.23. The Labute approximate surface area is 194 Å². The number of benzene rings is 3. The van der Waals surface area contributed by atoms with Gasteiger partial charge < -0.3 is 0 Å². The number of hydrogen-bond acceptors (Lipinski definition) is 1. The van der Waals surface area contributed by atoms with Gasteiger partial charge in [-0.1, -0.05) is 42.5 Å². The zero-order chi connectivity index (χ0) is 25.1. The Balaban J connectivity index is 2.01. The van der Waals surface area contributed by atoms with Crippen LogP contribution in [-0.2, 0) is 12.4 Å². The fraction of sp³-hybridized carbons (Fsp3) is 0.115. The second-order valence-electron chi connectivity index (χ2n) is 8.15. The highest BCUT2D eigenvalue weighted by molar-refractivity contribution is 6.01. The lowest BCUT2D eigenvalue weighted by Crippen LogP contribution is -2.15. The second-order valence-corrected chi connectivity index (χ2v) is 8.15. The van der Waals surface area contributed by atoms with E-state index < -0.39 is 29.0 Å². The highest BCUT2D eigenvalue weighted by Gasteiger charge is 2.33. The summed E-state index contributed by atoms with van der Waals surface area (Å²) in [5, 5.41) is 0.423. The molecule has 5 rings (SSSR count). The van der Waals surface area contributed by atoms with Crippen molar-refractivity contribution in [2.24, 2.45) is 0 Å². The van der Waals surface area contributed by atoms with Crippen molar-refractivity contribution in [3.05, 3.63) is 106 Å². The van der Waals surface area contributed by atoms with Crippen LogP contribution in [0.3, 0.4) is 0 Å². The average molecular weight is 486 g/mol. The topological polar surface area (TPSA) is 25.9 Å². The van der Waals surface area contributed by atoms with Gasteiger partial charge >= 0.3 is 12.4 Å². The van der Waals surface area contributed by atoms with E-state index in [0.717, 1.165) is 24.3 Å². The van der Waals surface area contributed by atoms with Crippen molar-refractivity contribution < 1.29 is 26.3 Å². The first kappa shape index (κ1) is 22.8. The number of aromatic nitrogens is 2. The molecule has 0 fully saturated rings. The highest BCUT2D eigenvalue weighted by atomic mass is 19.4. The number of halogens is 6. The van der Waals surface area contributed by atoms with Gasteiger partial charge in [0.15, 0.2) is 0 Å². The molecule has 0 N–H and O–H groups in total. The van der Waals surface area contributed by atoms with E-state index in [2.05, 4.69) is 0 Å². The van der Waals surface area contributed by atoms with Gasteiger partial charge in [0.25, 0.3) is 5.56 Å². The fourth-order valence-electron chi connectivity index (χ4n) is 4.42. The van der Waals surface area contributed by atoms with Crippen LogP contribution >= 0.6 is 0 Å². The number of para-hydroxylation sites is 1. The van der Waals surface area contributed by atoms with Crippen molar-refractivity contribution in [3.63, 3.8) is 0 Å². The van der Waals surface area contributed by atoms with Crippen LogP contribution in [0.15, 0.2) is 83.7 Å². The lowest BCUT2D eigenvalue weighted by atomic mass is 9.93. The molecule has 0 aliphatic rings. The van der Waals surface area contributed by atoms with Crippen molar-refractivity contribution in [2.45, 2.75) is 19.3 Å². The molecule has 35 heavy (non-hydrogen) atoms. The van der Waals surface area contributed by atoms with Gasteiger partial charge in [0.05, 0.1) is 22.3 Å². The molecule has 2 heterocycles. The van der Waals surface area contributed by atoms with Crippen LogP contribution in [0, 0.1) is 6.92 Å². The summed E-state index contributed by atoms with van der Waals surface area (Å²) in [7, 11) is 0. The molecule has 0 saturated carbocycles. The first-order chi connectivity index (χ1) is 16.5. The summed E-state index contributed by atoms with van der Waals surface area (Å²) in [4.78, 5) is 12.9. The SMILES string of the molecule is Cc1cc(=O)n2c3ccccc3c(-c3cccc(C(F)(F)F)c3)c(-c3cccc(C(F)(F)F)c3)n12. The minimum atomic E-state index is -4.63. The smallest absolute Gasteiger partial charge is 0.267 e. The summed E-state index contributed by atoms with van der Waals surface area (Å²) in [5.41, 5.74) is -0.671. The van der Waals surface area contributed by atoms with Crippen LogP contribution in [0.25, 0.3) is 33.3 Å². The van der Waals surface area contributed by atoms with E-state index >= 15 is 0 Å². The lowest BCUT2D eigenvalue weighted by molar-refractivity contribution is -0.138. The quantitative estimate of drug-likeness (QED) is 0.242. The van der Waals surface area contributed by atoms with Gasteiger partial charge in [-0.2, -0.15) is 26.3 Å². The summed E-state index contributed by atoms with van der Waals surface area (Å²) in [5.74, 6) is 0. The Morgan fingerprint density at radius 1 is 0.657 bits per heavy atom. The Kier molecular flexibility index (Phi) is 5.05. The van der Waals surface area contributed by atoms with Gasteiger partial charge in [-0.25, -0.2) is 9.03 Å². The third-order valence-electron chi connectivity index (χ3n) is 5.87. The van der Waals surface area contributed by atoms with E-state index in [4.69, 9.17) is 0 Å². The molecule has 2 aromatic heterocycles. The monoisotopic (exact) mass is 486 g/mol. The molecule has 0 radical (unpaired) electrons. The molecule has 0 unspecified atom stereocenters. The molecule has 0 atom stereocenters. The van der Waals surface area contributed by atoms with E-state index in [1.54, 1.807) is 31.2 Å². The number of alkyl halides is 6. The largest absolute Gasteiger partial charge is 0.416 e. The molecule has 5 aromatic rings. The minimum Gasteiger partial charge on any atom is -0.267 e. The van der Waals surface area contributed by atoms with Crippen molar-refractivity contribution in [1.29, 1.82) is 0 Å². The molecule has 0 aliphatic heterocycles. The summed E-state index contributed by atoms with van der Waals surface area (Å²) >= 11 is 0. The Morgan fingerprint density at radius 2 is 1.23 bits per heavy atom. The van der Waals surface area contributed by atoms with E-state index in [1.165, 1.54) is 39.4 Å². The summed E-state index contributed by atoms with van der Waals surface area (Å²) < 4.78 is 84.1. The van der Waals surface area contributed by atoms with E-state index in [0.29, 0.717) is 16.6 Å². The molecule has 0 bridgehead atoms. The molecule has 178 valence electrons. The fourth-order valence-corrected chi connectivity index (χ4v) is 4.42. The van der Waals surface area contributed by atoms with Gasteiger partial charge in [0.1, 0.15) is 0 Å². The molecule has 3 aromatic carbocycles. The van der Waals surface area contributed by atoms with Gasteiger partial charge in [-0.15, -0.1) is 0 Å². The normalized spacial score (nSPS) is 12.5. The van der Waals surface area contributed by atoms with Crippen molar-refractivity contribution >= 4 is 10.9 Å². The molecular weight excluding hydrogens is 470 g/mol. The summed E-state index contributed by atoms with van der Waals surface area (Å²) in [6.07, 6.45) is -9.25. The molecule has 0 spiro atoms. The number of rotatable bonds is 2. The molecular formula is C26H16F6N2O. The maximum Gasteiger partial charge on any atom is 0.416 e. The number of aryl methyl sites for hydroxylation is 1. The van der Waals surface area contributed by atoms with E-state index in [9.17, 15) is 31.1 Å². The summed E-state index contributed by atoms with van der Waals surface area (Å²) in [6.45, 7) is 1.61. The van der Waals surface area contributed by atoms with Crippen LogP contribution in [0.5, 0.6) is 0 Å². The minimum absolute atomic E-state index is 0.106. The highest BCUT2D eigenvalue weighted by Crippen LogP contribution is 2.41. The van der Waals surface area contributed by atoms with Crippen molar-refractivity contribution in [3.8, 4) is 22.4 Å². The standard InChI is InChI=1S/C26H16F6N2O/c1-15-12-22(35)34-21-11-3-2-10-20(21)23(16-6-4-8-18(13-16)25(27,28)29)24(33(15)34)17-7-5-9-19(14-17)26(30,31)32/h2-14H,1H3. The van der Waals surface area contributed by atoms with Gasteiger partial charge in [0, 0.05) is 28.3 Å². The van der Waals surface area contributed by atoms with Gasteiger partial charge in [-0.05, 0) is 42.8 Å². The zero-order valence-electron chi connectivity index (χ0n) is 18.1. The molecule has 3 nitrogen and oxygen atoms in total.